The van der Waals surface area contributed by atoms with Gasteiger partial charge < -0.3 is 15.6 Å². The second-order valence-electron chi connectivity index (χ2n) is 5.69. The van der Waals surface area contributed by atoms with Crippen LogP contribution in [0.2, 0.25) is 0 Å². The maximum absolute atomic E-state index is 10.5. The normalized spacial score (nSPS) is 28.0. The zero-order valence-electron chi connectivity index (χ0n) is 10.8. The lowest BCUT2D eigenvalue weighted by Crippen LogP contribution is -2.46. The Bertz CT molecular complexity index is 439. The molecule has 3 N–H and O–H groups in total. The number of anilines is 1. The molecule has 3 rings (SSSR count). The predicted octanol–water partition coefficient (Wildman–Crippen LogP) is 1.39. The third-order valence-corrected chi connectivity index (χ3v) is 4.58. The third-order valence-electron chi connectivity index (χ3n) is 4.58. The molecule has 5 nitrogen and oxygen atoms in total. The van der Waals surface area contributed by atoms with Gasteiger partial charge in [0.2, 0.25) is 0 Å². The lowest BCUT2D eigenvalue weighted by molar-refractivity contribution is -0.157. The number of aryl methyl sites for hydroxylation is 1. The van der Waals surface area contributed by atoms with E-state index in [1.165, 1.54) is 6.42 Å². The van der Waals surface area contributed by atoms with Gasteiger partial charge in [-0.3, -0.25) is 4.68 Å². The monoisotopic (exact) mass is 251 g/mol. The summed E-state index contributed by atoms with van der Waals surface area (Å²) in [5.74, 6) is 0.808. The van der Waals surface area contributed by atoms with Crippen molar-refractivity contribution in [2.45, 2.75) is 43.8 Å². The summed E-state index contributed by atoms with van der Waals surface area (Å²) in [5, 5.41) is 14.6. The highest BCUT2D eigenvalue weighted by Gasteiger charge is 2.44. The minimum atomic E-state index is -0.514. The van der Waals surface area contributed by atoms with Crippen LogP contribution < -0.4 is 5.73 Å². The van der Waals surface area contributed by atoms with E-state index in [4.69, 9.17) is 10.5 Å². The van der Waals surface area contributed by atoms with Gasteiger partial charge in [-0.1, -0.05) is 0 Å². The van der Waals surface area contributed by atoms with E-state index in [2.05, 4.69) is 5.10 Å². The van der Waals surface area contributed by atoms with Gasteiger partial charge in [-0.05, 0) is 38.0 Å². The lowest BCUT2D eigenvalue weighted by atomic mass is 9.70. The summed E-state index contributed by atoms with van der Waals surface area (Å²) in [6.07, 6.45) is 6.54. The number of nitrogens with two attached hydrogens (primary N) is 1. The molecule has 18 heavy (non-hydrogen) atoms. The van der Waals surface area contributed by atoms with Crippen molar-refractivity contribution < 1.29 is 9.84 Å². The van der Waals surface area contributed by atoms with E-state index in [1.54, 1.807) is 17.9 Å². The molecular weight excluding hydrogens is 230 g/mol. The van der Waals surface area contributed by atoms with Gasteiger partial charge in [0.05, 0.1) is 17.9 Å². The second kappa shape index (κ2) is 4.24. The summed E-state index contributed by atoms with van der Waals surface area (Å²) in [6.45, 7) is 0.752. The number of hydrogen-bond acceptors (Lipinski definition) is 4. The van der Waals surface area contributed by atoms with Gasteiger partial charge in [-0.2, -0.15) is 5.10 Å². The van der Waals surface area contributed by atoms with Crippen LogP contribution in [-0.4, -0.2) is 27.1 Å². The Morgan fingerprint density at radius 3 is 2.94 bits per heavy atom. The zero-order valence-corrected chi connectivity index (χ0v) is 10.8. The smallest absolute Gasteiger partial charge is 0.127 e. The largest absolute Gasteiger partial charge is 0.388 e. The van der Waals surface area contributed by atoms with Crippen LogP contribution in [0.25, 0.3) is 0 Å². The summed E-state index contributed by atoms with van der Waals surface area (Å²) >= 11 is 0. The summed E-state index contributed by atoms with van der Waals surface area (Å²) in [6, 6.07) is 0. The molecule has 2 atom stereocenters. The summed E-state index contributed by atoms with van der Waals surface area (Å²) in [5.41, 5.74) is 6.75. The van der Waals surface area contributed by atoms with E-state index in [1.807, 2.05) is 0 Å². The fourth-order valence-corrected chi connectivity index (χ4v) is 3.20. The van der Waals surface area contributed by atoms with Crippen LogP contribution in [0, 0.1) is 5.92 Å². The highest BCUT2D eigenvalue weighted by Crippen LogP contribution is 2.47. The van der Waals surface area contributed by atoms with Gasteiger partial charge in [0.15, 0.2) is 0 Å². The first-order valence-corrected chi connectivity index (χ1v) is 6.71. The van der Waals surface area contributed by atoms with Crippen LogP contribution in [0.1, 0.15) is 43.8 Å². The standard InChI is InChI=1S/C13H21N3O2/c1-16-12(14)10(8-15-16)11(17)9-3-6-18-13(7-9)4-2-5-13/h8-9,11,17H,2-7,14H2,1H3. The average molecular weight is 251 g/mol. The molecule has 0 bridgehead atoms. The highest BCUT2D eigenvalue weighted by atomic mass is 16.5. The minimum absolute atomic E-state index is 0.0564. The molecule has 2 fully saturated rings. The average Bonchev–Trinajstić information content (AvgIpc) is 2.67. The summed E-state index contributed by atoms with van der Waals surface area (Å²) in [7, 11) is 1.79. The molecule has 0 radical (unpaired) electrons. The van der Waals surface area contributed by atoms with E-state index in [-0.39, 0.29) is 11.5 Å². The summed E-state index contributed by atoms with van der Waals surface area (Å²) in [4.78, 5) is 0. The predicted molar refractivity (Wildman–Crippen MR) is 67.8 cm³/mol. The Morgan fingerprint density at radius 2 is 2.39 bits per heavy atom. The molecule has 5 heteroatoms. The molecule has 2 aliphatic rings. The Balaban J connectivity index is 1.76. The van der Waals surface area contributed by atoms with Crippen molar-refractivity contribution >= 4 is 5.82 Å². The molecule has 1 saturated carbocycles. The SMILES string of the molecule is Cn1ncc(C(O)C2CCOC3(CCC3)C2)c1N. The van der Waals surface area contributed by atoms with E-state index in [0.717, 1.165) is 37.9 Å². The summed E-state index contributed by atoms with van der Waals surface area (Å²) < 4.78 is 7.50. The minimum Gasteiger partial charge on any atom is -0.388 e. The van der Waals surface area contributed by atoms with Crippen molar-refractivity contribution in [3.63, 3.8) is 0 Å². The zero-order chi connectivity index (χ0) is 12.8. The Kier molecular flexibility index (Phi) is 2.83. The van der Waals surface area contributed by atoms with Crippen LogP contribution in [-0.2, 0) is 11.8 Å². The van der Waals surface area contributed by atoms with Crippen molar-refractivity contribution in [2.24, 2.45) is 13.0 Å². The molecule has 1 spiro atoms. The van der Waals surface area contributed by atoms with Crippen LogP contribution >= 0.6 is 0 Å². The van der Waals surface area contributed by atoms with Crippen molar-refractivity contribution in [3.8, 4) is 0 Å². The quantitative estimate of drug-likeness (QED) is 0.833. The van der Waals surface area contributed by atoms with Gasteiger partial charge >= 0.3 is 0 Å². The van der Waals surface area contributed by atoms with E-state index < -0.39 is 6.10 Å². The number of nitrogens with zero attached hydrogens (tertiary/aromatic N) is 2. The number of nitrogen functional groups attached to an aromatic ring is 1. The number of aliphatic hydroxyl groups is 1. The number of aliphatic hydroxyl groups excluding tert-OH is 1. The van der Waals surface area contributed by atoms with Crippen molar-refractivity contribution in [2.75, 3.05) is 12.3 Å². The number of rotatable bonds is 2. The maximum atomic E-state index is 10.5. The Labute approximate surface area is 107 Å². The topological polar surface area (TPSA) is 73.3 Å². The van der Waals surface area contributed by atoms with Crippen LogP contribution in [0.3, 0.4) is 0 Å². The molecule has 1 aromatic heterocycles. The molecule has 2 unspecified atom stereocenters. The molecule has 1 saturated heterocycles. The van der Waals surface area contributed by atoms with Gasteiger partial charge in [-0.25, -0.2) is 0 Å². The van der Waals surface area contributed by atoms with Crippen molar-refractivity contribution in [1.82, 2.24) is 9.78 Å². The van der Waals surface area contributed by atoms with Crippen molar-refractivity contribution in [3.05, 3.63) is 11.8 Å². The second-order valence-corrected chi connectivity index (χ2v) is 5.69. The Hall–Kier alpha value is -1.07. The highest BCUT2D eigenvalue weighted by molar-refractivity contribution is 5.40. The van der Waals surface area contributed by atoms with Gasteiger partial charge in [-0.15, -0.1) is 0 Å². The Morgan fingerprint density at radius 1 is 1.61 bits per heavy atom. The lowest BCUT2D eigenvalue weighted by Gasteiger charge is -2.48. The molecular formula is C13H21N3O2. The molecule has 1 aromatic rings. The first-order chi connectivity index (χ1) is 8.61. The van der Waals surface area contributed by atoms with E-state index in [9.17, 15) is 5.11 Å². The molecule has 2 heterocycles. The number of ether oxygens (including phenoxy) is 1. The van der Waals surface area contributed by atoms with Gasteiger partial charge in [0.1, 0.15) is 5.82 Å². The molecule has 1 aliphatic heterocycles. The first-order valence-electron chi connectivity index (χ1n) is 6.71. The fourth-order valence-electron chi connectivity index (χ4n) is 3.20. The van der Waals surface area contributed by atoms with Crippen LogP contribution in [0.15, 0.2) is 6.20 Å². The van der Waals surface area contributed by atoms with E-state index in [0.29, 0.717) is 5.82 Å². The fraction of sp³-hybridized carbons (Fsp3) is 0.769. The third kappa shape index (κ3) is 1.82. The van der Waals surface area contributed by atoms with E-state index >= 15 is 0 Å². The molecule has 0 aromatic carbocycles. The molecule has 1 aliphatic carbocycles. The van der Waals surface area contributed by atoms with Crippen LogP contribution in [0.4, 0.5) is 5.82 Å². The van der Waals surface area contributed by atoms with Gasteiger partial charge in [0.25, 0.3) is 0 Å². The van der Waals surface area contributed by atoms with Gasteiger partial charge in [0, 0.05) is 19.2 Å². The maximum Gasteiger partial charge on any atom is 0.127 e. The number of hydrogen-bond donors (Lipinski definition) is 2. The molecule has 0 amide bonds. The van der Waals surface area contributed by atoms with Crippen LogP contribution in [0.5, 0.6) is 0 Å². The number of aromatic nitrogens is 2. The molecule has 100 valence electrons. The first kappa shape index (κ1) is 12.0. The van der Waals surface area contributed by atoms with Crippen molar-refractivity contribution in [1.29, 1.82) is 0 Å².